The predicted octanol–water partition coefficient (Wildman–Crippen LogP) is 16.4. The fraction of sp³-hybridized carbons (Fsp3) is 0. The third-order valence-corrected chi connectivity index (χ3v) is 12.3. The second-order valence-electron chi connectivity index (χ2n) is 15.6. The van der Waals surface area contributed by atoms with Crippen molar-refractivity contribution in [2.45, 2.75) is 0 Å². The summed E-state index contributed by atoms with van der Waals surface area (Å²) in [6.07, 6.45) is 0. The van der Waals surface area contributed by atoms with Gasteiger partial charge in [-0.15, -0.1) is 0 Å². The molecular weight excluding hydrogens is 711 g/mol. The molecule has 1 aliphatic carbocycles. The van der Waals surface area contributed by atoms with Crippen LogP contribution in [-0.2, 0) is 0 Å². The van der Waals surface area contributed by atoms with E-state index in [9.17, 15) is 0 Å². The van der Waals surface area contributed by atoms with E-state index in [0.717, 1.165) is 17.1 Å². The number of benzene rings is 11. The van der Waals surface area contributed by atoms with Crippen LogP contribution >= 0.6 is 0 Å². The Balaban J connectivity index is 1.05. The van der Waals surface area contributed by atoms with Gasteiger partial charge in [0.25, 0.3) is 0 Å². The van der Waals surface area contributed by atoms with E-state index in [1.165, 1.54) is 98.7 Å². The minimum absolute atomic E-state index is 1.11. The number of rotatable bonds is 6. The van der Waals surface area contributed by atoms with E-state index in [-0.39, 0.29) is 0 Å². The summed E-state index contributed by atoms with van der Waals surface area (Å²) in [6.45, 7) is 0. The van der Waals surface area contributed by atoms with Crippen LogP contribution < -0.4 is 4.90 Å². The third kappa shape index (κ3) is 5.40. The fourth-order valence-corrected chi connectivity index (χ4v) is 9.58. The molecule has 0 amide bonds. The summed E-state index contributed by atoms with van der Waals surface area (Å²) >= 11 is 0. The lowest BCUT2D eigenvalue weighted by molar-refractivity contribution is 1.29. The zero-order valence-corrected chi connectivity index (χ0v) is 32.3. The van der Waals surface area contributed by atoms with Gasteiger partial charge in [0.1, 0.15) is 0 Å². The molecule has 0 aliphatic heterocycles. The molecule has 0 saturated carbocycles. The van der Waals surface area contributed by atoms with E-state index in [1.807, 2.05) is 0 Å². The van der Waals surface area contributed by atoms with Gasteiger partial charge in [-0.05, 0) is 147 Å². The van der Waals surface area contributed by atoms with Gasteiger partial charge in [-0.25, -0.2) is 0 Å². The summed E-state index contributed by atoms with van der Waals surface area (Å²) in [4.78, 5) is 2.41. The first-order chi connectivity index (χ1) is 29.3. The van der Waals surface area contributed by atoms with E-state index >= 15 is 0 Å². The van der Waals surface area contributed by atoms with Gasteiger partial charge in [0.2, 0.25) is 0 Å². The fourth-order valence-electron chi connectivity index (χ4n) is 9.58. The summed E-state index contributed by atoms with van der Waals surface area (Å²) in [5, 5.41) is 10.0. The zero-order valence-electron chi connectivity index (χ0n) is 32.3. The smallest absolute Gasteiger partial charge is 0.0468 e. The Labute approximate surface area is 343 Å². The van der Waals surface area contributed by atoms with Crippen LogP contribution in [0.15, 0.2) is 224 Å². The molecule has 0 bridgehead atoms. The van der Waals surface area contributed by atoms with Crippen LogP contribution in [0.5, 0.6) is 0 Å². The van der Waals surface area contributed by atoms with Gasteiger partial charge >= 0.3 is 0 Å². The van der Waals surface area contributed by atoms with Crippen LogP contribution in [0, 0.1) is 0 Å². The number of hydrogen-bond acceptors (Lipinski definition) is 1. The molecular formula is C58H37N. The van der Waals surface area contributed by atoms with Crippen LogP contribution in [0.1, 0.15) is 0 Å². The Kier molecular flexibility index (Phi) is 7.61. The average Bonchev–Trinajstić information content (AvgIpc) is 3.31. The Hall–Kier alpha value is -7.74. The average molecular weight is 748 g/mol. The SMILES string of the molecule is c1ccc(-c2ccc(N(c3ccc4cc5c(cc4c3)-c3c-5c(-c4ccccc4)c4ccccc4c3-c3ccccc3)c3ccc4c(ccc5ccccc54)c3)cc2)cc1. The molecule has 12 rings (SSSR count). The highest BCUT2D eigenvalue weighted by atomic mass is 15.1. The number of anilines is 3. The first kappa shape index (κ1) is 33.4. The molecule has 11 aromatic rings. The lowest BCUT2D eigenvalue weighted by atomic mass is 9.70. The van der Waals surface area contributed by atoms with Gasteiger partial charge in [-0.1, -0.05) is 176 Å². The Morgan fingerprint density at radius 2 is 0.644 bits per heavy atom. The zero-order chi connectivity index (χ0) is 38.9. The second-order valence-corrected chi connectivity index (χ2v) is 15.6. The first-order valence-corrected chi connectivity index (χ1v) is 20.4. The van der Waals surface area contributed by atoms with E-state index in [1.54, 1.807) is 0 Å². The normalized spacial score (nSPS) is 11.7. The lowest BCUT2D eigenvalue weighted by Crippen LogP contribution is -2.10. The van der Waals surface area contributed by atoms with Crippen LogP contribution in [0.25, 0.3) is 98.7 Å². The molecule has 0 unspecified atom stereocenters. The summed E-state index contributed by atoms with van der Waals surface area (Å²) in [5.74, 6) is 0. The monoisotopic (exact) mass is 747 g/mol. The maximum atomic E-state index is 2.44. The van der Waals surface area contributed by atoms with E-state index in [0.29, 0.717) is 0 Å². The van der Waals surface area contributed by atoms with Crippen molar-refractivity contribution < 1.29 is 0 Å². The van der Waals surface area contributed by atoms with Crippen LogP contribution in [0.3, 0.4) is 0 Å². The highest BCUT2D eigenvalue weighted by molar-refractivity contribution is 6.26. The second kappa shape index (κ2) is 13.4. The van der Waals surface area contributed by atoms with Crippen molar-refractivity contribution in [2.75, 3.05) is 4.90 Å². The van der Waals surface area contributed by atoms with Crippen LogP contribution in [0.4, 0.5) is 17.1 Å². The highest BCUT2D eigenvalue weighted by Crippen LogP contribution is 2.60. The van der Waals surface area contributed by atoms with Crippen molar-refractivity contribution in [3.05, 3.63) is 224 Å². The van der Waals surface area contributed by atoms with E-state index in [2.05, 4.69) is 229 Å². The summed E-state index contributed by atoms with van der Waals surface area (Å²) in [5.41, 5.74) is 16.2. The number of hydrogen-bond donors (Lipinski definition) is 0. The molecule has 0 aromatic heterocycles. The maximum Gasteiger partial charge on any atom is 0.0468 e. The van der Waals surface area contributed by atoms with Gasteiger partial charge in [0.05, 0.1) is 0 Å². The quantitative estimate of drug-likeness (QED) is 0.153. The molecule has 1 heteroatoms. The largest absolute Gasteiger partial charge is 0.310 e. The summed E-state index contributed by atoms with van der Waals surface area (Å²) < 4.78 is 0. The highest BCUT2D eigenvalue weighted by Gasteiger charge is 2.32. The topological polar surface area (TPSA) is 3.24 Å². The Bertz CT molecular complexity index is 3400. The molecule has 0 fully saturated rings. The maximum absolute atomic E-state index is 2.44. The van der Waals surface area contributed by atoms with Gasteiger partial charge in [0.15, 0.2) is 0 Å². The molecule has 1 nitrogen and oxygen atoms in total. The number of nitrogens with zero attached hydrogens (tertiary/aromatic N) is 1. The van der Waals surface area contributed by atoms with Crippen molar-refractivity contribution in [3.63, 3.8) is 0 Å². The van der Waals surface area contributed by atoms with Crippen LogP contribution in [0.2, 0.25) is 0 Å². The van der Waals surface area contributed by atoms with Gasteiger partial charge in [-0.2, -0.15) is 0 Å². The first-order valence-electron chi connectivity index (χ1n) is 20.4. The molecule has 0 N–H and O–H groups in total. The van der Waals surface area contributed by atoms with Crippen molar-refractivity contribution in [3.8, 4) is 55.6 Å². The van der Waals surface area contributed by atoms with Crippen molar-refractivity contribution in [2.24, 2.45) is 0 Å². The number of fused-ring (bicyclic) bond motifs is 9. The summed E-state index contributed by atoms with van der Waals surface area (Å²) in [6, 6.07) is 82.4. The molecule has 0 saturated heterocycles. The van der Waals surface area contributed by atoms with Gasteiger partial charge in [0, 0.05) is 17.1 Å². The molecule has 1 aliphatic rings. The van der Waals surface area contributed by atoms with Crippen molar-refractivity contribution in [1.29, 1.82) is 0 Å². The molecule has 0 atom stereocenters. The molecule has 0 radical (unpaired) electrons. The Morgan fingerprint density at radius 3 is 1.27 bits per heavy atom. The minimum Gasteiger partial charge on any atom is -0.310 e. The molecule has 0 heterocycles. The molecule has 59 heavy (non-hydrogen) atoms. The summed E-state index contributed by atoms with van der Waals surface area (Å²) in [7, 11) is 0. The standard InChI is InChI=1S/C58H37N/c1-4-14-38(15-5-1)39-26-29-46(30-27-39)59(48-32-33-50-44(34-48)25-24-40-16-10-11-21-49(40)50)47-31-28-43-36-53-54(37-45(43)35-47)58-56(42-19-8-3-9-20-42)52-23-13-12-22-51(52)55(57(53)58)41-17-6-2-7-18-41/h1-37H. The molecule has 0 spiro atoms. The lowest BCUT2D eigenvalue weighted by Gasteiger charge is -2.33. The van der Waals surface area contributed by atoms with Crippen molar-refractivity contribution >= 4 is 60.2 Å². The Morgan fingerprint density at radius 1 is 0.220 bits per heavy atom. The molecule has 274 valence electrons. The molecule has 11 aromatic carbocycles. The van der Waals surface area contributed by atoms with E-state index in [4.69, 9.17) is 0 Å². The predicted molar refractivity (Wildman–Crippen MR) is 252 cm³/mol. The van der Waals surface area contributed by atoms with Gasteiger partial charge < -0.3 is 4.90 Å². The van der Waals surface area contributed by atoms with Crippen molar-refractivity contribution in [1.82, 2.24) is 0 Å². The van der Waals surface area contributed by atoms with Gasteiger partial charge in [-0.3, -0.25) is 0 Å². The third-order valence-electron chi connectivity index (χ3n) is 12.3. The van der Waals surface area contributed by atoms with Crippen LogP contribution in [-0.4, -0.2) is 0 Å². The minimum atomic E-state index is 1.11. The van der Waals surface area contributed by atoms with E-state index < -0.39 is 0 Å².